The number of hydrogen-bond acceptors (Lipinski definition) is 3. The van der Waals surface area contributed by atoms with Gasteiger partial charge in [-0.25, -0.2) is 0 Å². The van der Waals surface area contributed by atoms with Gasteiger partial charge in [-0.05, 0) is 53.1 Å². The van der Waals surface area contributed by atoms with Crippen molar-refractivity contribution in [2.24, 2.45) is 0 Å². The number of hydrogen-bond donors (Lipinski definition) is 1. The second kappa shape index (κ2) is 6.16. The molecule has 20 heavy (non-hydrogen) atoms. The standard InChI is InChI=1S/C17H18N2S/c1-2-18-17(14-8-10-20-12-14)11-13-7-9-19-16-6-4-3-5-15(13)16/h3-10,12,17-18H,2,11H2,1H3. The molecule has 2 aromatic heterocycles. The van der Waals surface area contributed by atoms with Gasteiger partial charge in [0.05, 0.1) is 5.52 Å². The van der Waals surface area contributed by atoms with E-state index in [-0.39, 0.29) is 0 Å². The summed E-state index contributed by atoms with van der Waals surface area (Å²) in [5, 5.41) is 9.22. The van der Waals surface area contributed by atoms with Crippen LogP contribution < -0.4 is 5.32 Å². The average molecular weight is 282 g/mol. The fraction of sp³-hybridized carbons (Fsp3) is 0.235. The summed E-state index contributed by atoms with van der Waals surface area (Å²) in [5.41, 5.74) is 3.80. The molecule has 1 aromatic carbocycles. The zero-order valence-corrected chi connectivity index (χ0v) is 12.4. The summed E-state index contributed by atoms with van der Waals surface area (Å²) in [5.74, 6) is 0. The van der Waals surface area contributed by atoms with Gasteiger partial charge in [0.25, 0.3) is 0 Å². The van der Waals surface area contributed by atoms with Gasteiger partial charge in [0.15, 0.2) is 0 Å². The van der Waals surface area contributed by atoms with Crippen molar-refractivity contribution in [2.45, 2.75) is 19.4 Å². The maximum absolute atomic E-state index is 4.44. The Hall–Kier alpha value is -1.71. The minimum Gasteiger partial charge on any atom is -0.310 e. The van der Waals surface area contributed by atoms with Crippen LogP contribution in [0.1, 0.15) is 24.1 Å². The number of para-hydroxylation sites is 1. The monoisotopic (exact) mass is 282 g/mol. The van der Waals surface area contributed by atoms with E-state index in [1.165, 1.54) is 16.5 Å². The molecule has 0 aliphatic carbocycles. The lowest BCUT2D eigenvalue weighted by Crippen LogP contribution is -2.22. The molecule has 0 aliphatic rings. The van der Waals surface area contributed by atoms with Crippen LogP contribution in [0.2, 0.25) is 0 Å². The third-order valence-electron chi connectivity index (χ3n) is 3.56. The maximum Gasteiger partial charge on any atom is 0.0704 e. The molecule has 1 unspecified atom stereocenters. The Morgan fingerprint density at radius 2 is 2.10 bits per heavy atom. The van der Waals surface area contributed by atoms with Crippen LogP contribution in [-0.4, -0.2) is 11.5 Å². The van der Waals surface area contributed by atoms with E-state index in [2.05, 4.69) is 58.3 Å². The van der Waals surface area contributed by atoms with E-state index < -0.39 is 0 Å². The molecule has 0 bridgehead atoms. The van der Waals surface area contributed by atoms with Gasteiger partial charge in [0.2, 0.25) is 0 Å². The Bertz CT molecular complexity index is 671. The molecular formula is C17H18N2S. The van der Waals surface area contributed by atoms with Gasteiger partial charge in [-0.3, -0.25) is 4.98 Å². The van der Waals surface area contributed by atoms with Crippen LogP contribution >= 0.6 is 11.3 Å². The SMILES string of the molecule is CCNC(Cc1ccnc2ccccc12)c1ccsc1. The van der Waals surface area contributed by atoms with Crippen molar-refractivity contribution >= 4 is 22.2 Å². The zero-order chi connectivity index (χ0) is 13.8. The summed E-state index contributed by atoms with van der Waals surface area (Å²) >= 11 is 1.76. The molecule has 2 heterocycles. The number of benzene rings is 1. The van der Waals surface area contributed by atoms with Crippen LogP contribution in [0.15, 0.2) is 53.4 Å². The molecule has 0 saturated heterocycles. The summed E-state index contributed by atoms with van der Waals surface area (Å²) in [4.78, 5) is 4.44. The van der Waals surface area contributed by atoms with Gasteiger partial charge in [0, 0.05) is 17.6 Å². The first kappa shape index (κ1) is 13.3. The molecule has 102 valence electrons. The lowest BCUT2D eigenvalue weighted by atomic mass is 9.98. The topological polar surface area (TPSA) is 24.9 Å². The predicted octanol–water partition coefficient (Wildman–Crippen LogP) is 4.19. The number of pyridine rings is 1. The Labute approximate surface area is 123 Å². The second-order valence-electron chi connectivity index (χ2n) is 4.86. The first-order chi connectivity index (χ1) is 9.88. The van der Waals surface area contributed by atoms with E-state index in [0.717, 1.165) is 18.5 Å². The third kappa shape index (κ3) is 2.74. The van der Waals surface area contributed by atoms with Crippen molar-refractivity contribution in [3.8, 4) is 0 Å². The first-order valence-corrected chi connectivity index (χ1v) is 7.91. The second-order valence-corrected chi connectivity index (χ2v) is 5.64. The number of aromatic nitrogens is 1. The van der Waals surface area contributed by atoms with Gasteiger partial charge in [0.1, 0.15) is 0 Å². The minimum atomic E-state index is 0.372. The Morgan fingerprint density at radius 1 is 1.20 bits per heavy atom. The number of rotatable bonds is 5. The Kier molecular flexibility index (Phi) is 4.09. The molecule has 0 radical (unpaired) electrons. The van der Waals surface area contributed by atoms with E-state index in [4.69, 9.17) is 0 Å². The highest BCUT2D eigenvalue weighted by Gasteiger charge is 2.13. The highest BCUT2D eigenvalue weighted by molar-refractivity contribution is 7.07. The highest BCUT2D eigenvalue weighted by Crippen LogP contribution is 2.24. The van der Waals surface area contributed by atoms with E-state index >= 15 is 0 Å². The molecule has 2 nitrogen and oxygen atoms in total. The van der Waals surface area contributed by atoms with Gasteiger partial charge in [-0.15, -0.1) is 0 Å². The van der Waals surface area contributed by atoms with Crippen LogP contribution in [0.3, 0.4) is 0 Å². The smallest absolute Gasteiger partial charge is 0.0704 e. The molecular weight excluding hydrogens is 264 g/mol. The fourth-order valence-corrected chi connectivity index (χ4v) is 3.29. The van der Waals surface area contributed by atoms with Crippen molar-refractivity contribution in [2.75, 3.05) is 6.54 Å². The lowest BCUT2D eigenvalue weighted by molar-refractivity contribution is 0.552. The quantitative estimate of drug-likeness (QED) is 0.759. The summed E-state index contributed by atoms with van der Waals surface area (Å²) in [7, 11) is 0. The van der Waals surface area contributed by atoms with Crippen molar-refractivity contribution < 1.29 is 0 Å². The van der Waals surface area contributed by atoms with Crippen molar-refractivity contribution in [3.63, 3.8) is 0 Å². The van der Waals surface area contributed by atoms with Gasteiger partial charge in [-0.2, -0.15) is 11.3 Å². The molecule has 0 spiro atoms. The Balaban J connectivity index is 1.94. The van der Waals surface area contributed by atoms with Crippen LogP contribution in [0.5, 0.6) is 0 Å². The van der Waals surface area contributed by atoms with Gasteiger partial charge in [-0.1, -0.05) is 25.1 Å². The van der Waals surface area contributed by atoms with Gasteiger partial charge >= 0.3 is 0 Å². The van der Waals surface area contributed by atoms with Gasteiger partial charge < -0.3 is 5.32 Å². The normalized spacial score (nSPS) is 12.7. The average Bonchev–Trinajstić information content (AvgIpc) is 3.01. The minimum absolute atomic E-state index is 0.372. The first-order valence-electron chi connectivity index (χ1n) is 6.96. The predicted molar refractivity (Wildman–Crippen MR) is 86.2 cm³/mol. The molecule has 1 atom stereocenters. The van der Waals surface area contributed by atoms with E-state index in [9.17, 15) is 0 Å². The van der Waals surface area contributed by atoms with Crippen molar-refractivity contribution in [3.05, 3.63) is 64.5 Å². The van der Waals surface area contributed by atoms with Crippen molar-refractivity contribution in [1.29, 1.82) is 0 Å². The number of nitrogens with zero attached hydrogens (tertiary/aromatic N) is 1. The molecule has 0 aliphatic heterocycles. The van der Waals surface area contributed by atoms with Crippen LogP contribution in [0, 0.1) is 0 Å². The zero-order valence-electron chi connectivity index (χ0n) is 11.5. The molecule has 3 heteroatoms. The highest BCUT2D eigenvalue weighted by atomic mass is 32.1. The lowest BCUT2D eigenvalue weighted by Gasteiger charge is -2.18. The van der Waals surface area contributed by atoms with Crippen molar-refractivity contribution in [1.82, 2.24) is 10.3 Å². The van der Waals surface area contributed by atoms with Crippen LogP contribution in [0.25, 0.3) is 10.9 Å². The van der Waals surface area contributed by atoms with E-state index in [0.29, 0.717) is 6.04 Å². The largest absolute Gasteiger partial charge is 0.310 e. The molecule has 3 rings (SSSR count). The fourth-order valence-electron chi connectivity index (χ4n) is 2.58. The summed E-state index contributed by atoms with van der Waals surface area (Å²) in [6.45, 7) is 3.13. The summed E-state index contributed by atoms with van der Waals surface area (Å²) in [6.07, 6.45) is 2.90. The number of likely N-dealkylation sites (N-methyl/N-ethyl adjacent to an activating group) is 1. The Morgan fingerprint density at radius 3 is 2.90 bits per heavy atom. The molecule has 1 N–H and O–H groups in total. The van der Waals surface area contributed by atoms with Crippen LogP contribution in [-0.2, 0) is 6.42 Å². The van der Waals surface area contributed by atoms with E-state index in [1.807, 2.05) is 12.3 Å². The molecule has 3 aromatic rings. The summed E-state index contributed by atoms with van der Waals surface area (Å²) < 4.78 is 0. The molecule has 0 amide bonds. The number of nitrogens with one attached hydrogen (secondary N) is 1. The van der Waals surface area contributed by atoms with E-state index in [1.54, 1.807) is 11.3 Å². The molecule has 0 saturated carbocycles. The maximum atomic E-state index is 4.44. The van der Waals surface area contributed by atoms with Crippen LogP contribution in [0.4, 0.5) is 0 Å². The molecule has 0 fully saturated rings. The summed E-state index contributed by atoms with van der Waals surface area (Å²) in [6, 6.07) is 13.1. The number of fused-ring (bicyclic) bond motifs is 1. The third-order valence-corrected chi connectivity index (χ3v) is 4.26. The number of thiophene rings is 1.